The highest BCUT2D eigenvalue weighted by atomic mass is 32.2. The average molecular weight is 495 g/mol. The molecule has 0 bridgehead atoms. The number of amidine groups is 1. The van der Waals surface area contributed by atoms with Gasteiger partial charge in [-0.05, 0) is 69.2 Å². The van der Waals surface area contributed by atoms with Gasteiger partial charge in [0.1, 0.15) is 5.75 Å². The number of methoxy groups -OCH3 is 1. The van der Waals surface area contributed by atoms with Crippen molar-refractivity contribution in [1.29, 1.82) is 0 Å². The van der Waals surface area contributed by atoms with Crippen LogP contribution in [0.2, 0.25) is 0 Å². The van der Waals surface area contributed by atoms with E-state index < -0.39 is 0 Å². The van der Waals surface area contributed by atoms with Gasteiger partial charge in [0.05, 0.1) is 30.5 Å². The number of hydrogen-bond acceptors (Lipinski definition) is 7. The molecule has 184 valence electrons. The third-order valence-corrected chi connectivity index (χ3v) is 6.71. The van der Waals surface area contributed by atoms with E-state index >= 15 is 0 Å². The van der Waals surface area contributed by atoms with Gasteiger partial charge in [0, 0.05) is 23.7 Å². The molecule has 2 aliphatic rings. The monoisotopic (exact) mass is 494 g/mol. The Morgan fingerprint density at radius 1 is 1.11 bits per heavy atom. The van der Waals surface area contributed by atoms with Crippen molar-refractivity contribution in [3.63, 3.8) is 0 Å². The van der Waals surface area contributed by atoms with Crippen molar-refractivity contribution in [3.05, 3.63) is 65.4 Å². The highest BCUT2D eigenvalue weighted by molar-refractivity contribution is 8.13. The Balaban J connectivity index is 1.59. The van der Waals surface area contributed by atoms with E-state index in [1.165, 1.54) is 0 Å². The van der Waals surface area contributed by atoms with Crippen LogP contribution in [-0.2, 0) is 9.53 Å². The number of allylic oxidation sites excluding steroid dienone is 1. The predicted octanol–water partition coefficient (Wildman–Crippen LogP) is 5.41. The minimum atomic E-state index is -0.364. The molecule has 1 saturated heterocycles. The molecule has 2 amide bonds. The summed E-state index contributed by atoms with van der Waals surface area (Å²) in [5.41, 5.74) is 3.35. The van der Waals surface area contributed by atoms with Crippen molar-refractivity contribution in [1.82, 2.24) is 4.90 Å². The lowest BCUT2D eigenvalue weighted by Gasteiger charge is -2.40. The topological polar surface area (TPSA) is 92.3 Å². The van der Waals surface area contributed by atoms with Gasteiger partial charge >= 0.3 is 12.0 Å². The van der Waals surface area contributed by atoms with E-state index in [1.54, 1.807) is 43.1 Å². The van der Waals surface area contributed by atoms with Gasteiger partial charge in [-0.25, -0.2) is 14.6 Å². The maximum absolute atomic E-state index is 13.1. The number of nitrogens with one attached hydrogen (secondary N) is 2. The molecule has 1 atom stereocenters. The van der Waals surface area contributed by atoms with E-state index in [1.807, 2.05) is 45.0 Å². The number of carbonyl (C=O) groups is 2. The Bertz CT molecular complexity index is 1160. The lowest BCUT2D eigenvalue weighted by atomic mass is 9.94. The number of hydrogen-bond donors (Lipinski definition) is 2. The number of aliphatic imine (C=N–C) groups is 1. The third-order valence-electron chi connectivity index (χ3n) is 5.63. The minimum Gasteiger partial charge on any atom is -0.497 e. The number of rotatable bonds is 6. The molecule has 0 saturated carbocycles. The lowest BCUT2D eigenvalue weighted by molar-refractivity contribution is -0.143. The van der Waals surface area contributed by atoms with E-state index in [4.69, 9.17) is 14.5 Å². The number of esters is 1. The van der Waals surface area contributed by atoms with Crippen LogP contribution >= 0.6 is 11.8 Å². The maximum atomic E-state index is 13.1. The second-order valence-corrected chi connectivity index (χ2v) is 9.64. The number of thioether (sulfide) groups is 1. The first-order chi connectivity index (χ1) is 16.9. The summed E-state index contributed by atoms with van der Waals surface area (Å²) in [6, 6.07) is 14.0. The molecule has 0 aliphatic carbocycles. The van der Waals surface area contributed by atoms with E-state index in [2.05, 4.69) is 15.5 Å². The molecule has 8 nitrogen and oxygen atoms in total. The molecule has 1 fully saturated rings. The summed E-state index contributed by atoms with van der Waals surface area (Å²) in [7, 11) is 1.59. The van der Waals surface area contributed by atoms with Crippen LogP contribution in [0.4, 0.5) is 16.2 Å². The zero-order chi connectivity index (χ0) is 24.9. The Hall–Kier alpha value is -3.46. The van der Waals surface area contributed by atoms with Gasteiger partial charge in [-0.15, -0.1) is 0 Å². The summed E-state index contributed by atoms with van der Waals surface area (Å²) in [5, 5.41) is 6.62. The molecular weight excluding hydrogens is 464 g/mol. The molecule has 0 aromatic heterocycles. The smallest absolute Gasteiger partial charge is 0.338 e. The molecule has 35 heavy (non-hydrogen) atoms. The van der Waals surface area contributed by atoms with Crippen LogP contribution in [0, 0.1) is 0 Å². The number of anilines is 2. The maximum Gasteiger partial charge on any atom is 0.338 e. The van der Waals surface area contributed by atoms with Crippen molar-refractivity contribution in [3.8, 4) is 5.75 Å². The van der Waals surface area contributed by atoms with Crippen LogP contribution in [0.3, 0.4) is 0 Å². The quantitative estimate of drug-likeness (QED) is 0.522. The summed E-state index contributed by atoms with van der Waals surface area (Å²) in [5.74, 6) is 1.34. The number of ether oxygens (including phenoxy) is 2. The number of carbonyl (C=O) groups excluding carboxylic acids is 2. The normalized spacial score (nSPS) is 17.5. The minimum absolute atomic E-state index is 0.237. The van der Waals surface area contributed by atoms with Crippen LogP contribution in [0.15, 0.2) is 64.8 Å². The number of fused-ring (bicyclic) bond motifs is 1. The summed E-state index contributed by atoms with van der Waals surface area (Å²) in [6.45, 7) is 6.32. The van der Waals surface area contributed by atoms with Gasteiger partial charge in [0.25, 0.3) is 0 Å². The molecule has 2 aliphatic heterocycles. The first-order valence-corrected chi connectivity index (χ1v) is 12.6. The molecule has 2 N–H and O–H groups in total. The summed E-state index contributed by atoms with van der Waals surface area (Å²) >= 11 is 1.70. The lowest BCUT2D eigenvalue weighted by Crippen LogP contribution is -2.42. The number of benzene rings is 2. The van der Waals surface area contributed by atoms with Gasteiger partial charge in [0.15, 0.2) is 5.17 Å². The largest absolute Gasteiger partial charge is 0.497 e. The van der Waals surface area contributed by atoms with Gasteiger partial charge in [-0.3, -0.25) is 0 Å². The molecule has 4 rings (SSSR count). The fraction of sp³-hybridized carbons (Fsp3) is 0.346. The van der Waals surface area contributed by atoms with Crippen molar-refractivity contribution >= 4 is 40.3 Å². The highest BCUT2D eigenvalue weighted by Gasteiger charge is 2.38. The van der Waals surface area contributed by atoms with Crippen molar-refractivity contribution in [2.45, 2.75) is 39.3 Å². The van der Waals surface area contributed by atoms with Crippen LogP contribution in [0.25, 0.3) is 0 Å². The molecular formula is C26H30N4O4S. The van der Waals surface area contributed by atoms with Gasteiger partial charge in [0.2, 0.25) is 0 Å². The molecule has 2 aromatic carbocycles. The second-order valence-electron chi connectivity index (χ2n) is 8.58. The summed E-state index contributed by atoms with van der Waals surface area (Å²) < 4.78 is 10.7. The molecule has 2 aromatic rings. The fourth-order valence-corrected chi connectivity index (χ4v) is 5.13. The Kier molecular flexibility index (Phi) is 7.65. The summed E-state index contributed by atoms with van der Waals surface area (Å²) in [4.78, 5) is 32.6. The van der Waals surface area contributed by atoms with Crippen LogP contribution < -0.4 is 15.4 Å². The van der Waals surface area contributed by atoms with Crippen LogP contribution in [0.1, 0.15) is 38.8 Å². The third kappa shape index (κ3) is 5.79. The van der Waals surface area contributed by atoms with Crippen molar-refractivity contribution in [2.75, 3.05) is 30.0 Å². The molecule has 1 unspecified atom stereocenters. The van der Waals surface area contributed by atoms with E-state index in [0.717, 1.165) is 29.4 Å². The van der Waals surface area contributed by atoms with Crippen molar-refractivity contribution in [2.24, 2.45) is 4.99 Å². The van der Waals surface area contributed by atoms with Crippen LogP contribution in [0.5, 0.6) is 5.75 Å². The van der Waals surface area contributed by atoms with Gasteiger partial charge < -0.3 is 25.0 Å². The van der Waals surface area contributed by atoms with Gasteiger partial charge in [-0.1, -0.05) is 23.9 Å². The molecule has 2 heterocycles. The number of urea groups is 1. The first-order valence-electron chi connectivity index (χ1n) is 11.6. The predicted molar refractivity (Wildman–Crippen MR) is 140 cm³/mol. The highest BCUT2D eigenvalue weighted by Crippen LogP contribution is 2.40. The summed E-state index contributed by atoms with van der Waals surface area (Å²) in [6.07, 6.45) is 0.757. The SMILES string of the molecule is COc1ccc(NC(=O)Nc2cccc(C3C(C(=O)OC(C)C)=C(C)N=C4SCCCN43)c2)cc1. The zero-order valence-corrected chi connectivity index (χ0v) is 21.1. The van der Waals surface area contributed by atoms with Gasteiger partial charge in [-0.2, -0.15) is 0 Å². The molecule has 0 spiro atoms. The number of nitrogens with zero attached hydrogens (tertiary/aromatic N) is 2. The first kappa shape index (κ1) is 24.7. The van der Waals surface area contributed by atoms with E-state index in [9.17, 15) is 9.59 Å². The Morgan fingerprint density at radius 3 is 2.57 bits per heavy atom. The number of amides is 2. The van der Waals surface area contributed by atoms with E-state index in [0.29, 0.717) is 28.4 Å². The Morgan fingerprint density at radius 2 is 1.86 bits per heavy atom. The van der Waals surface area contributed by atoms with E-state index in [-0.39, 0.29) is 24.1 Å². The average Bonchev–Trinajstić information content (AvgIpc) is 2.83. The standard InChI is InChI=1S/C26H30N4O4S/c1-16(2)34-24(31)22-17(3)27-26-30(13-6-14-35-26)23(22)18-7-5-8-20(15-18)29-25(32)28-19-9-11-21(33-4)12-10-19/h5,7-12,15-16,23H,6,13-14H2,1-4H3,(H2,28,29,32). The van der Waals surface area contributed by atoms with Crippen LogP contribution in [-0.4, -0.2) is 47.6 Å². The second kappa shape index (κ2) is 10.9. The molecule has 9 heteroatoms. The fourth-order valence-electron chi connectivity index (χ4n) is 4.11. The Labute approximate surface area is 209 Å². The van der Waals surface area contributed by atoms with Crippen molar-refractivity contribution < 1.29 is 19.1 Å². The zero-order valence-electron chi connectivity index (χ0n) is 20.3. The molecule has 0 radical (unpaired) electrons.